The van der Waals surface area contributed by atoms with Gasteiger partial charge in [0.1, 0.15) is 11.6 Å². The first-order valence-electron chi connectivity index (χ1n) is 6.88. The van der Waals surface area contributed by atoms with Crippen molar-refractivity contribution in [3.8, 4) is 0 Å². The Hall–Kier alpha value is -1.39. The lowest BCUT2D eigenvalue weighted by atomic mass is 10.1. The molecule has 1 atom stereocenters. The molecule has 0 saturated heterocycles. The SMILES string of the molecule is CNC(CSc1cccc(C)c1)Cc1cc(F)cc(F)c1. The van der Waals surface area contributed by atoms with E-state index >= 15 is 0 Å². The number of hydrogen-bond acceptors (Lipinski definition) is 2. The standard InChI is InChI=1S/C17H19F2NS/c1-12-4-3-5-17(6-12)21-11-16(20-2)9-13-7-14(18)10-15(19)8-13/h3-8,10,16,20H,9,11H2,1-2H3. The number of thioether (sulfide) groups is 1. The normalized spacial score (nSPS) is 12.4. The molecule has 21 heavy (non-hydrogen) atoms. The van der Waals surface area contributed by atoms with Crippen LogP contribution < -0.4 is 5.32 Å². The second-order valence-electron chi connectivity index (χ2n) is 5.09. The highest BCUT2D eigenvalue weighted by atomic mass is 32.2. The van der Waals surface area contributed by atoms with Crippen LogP contribution in [0, 0.1) is 18.6 Å². The molecule has 0 aliphatic carbocycles. The lowest BCUT2D eigenvalue weighted by Crippen LogP contribution is -2.30. The fourth-order valence-electron chi connectivity index (χ4n) is 2.16. The Morgan fingerprint density at radius 3 is 2.43 bits per heavy atom. The summed E-state index contributed by atoms with van der Waals surface area (Å²) in [5.74, 6) is -0.199. The van der Waals surface area contributed by atoms with Crippen LogP contribution in [0.3, 0.4) is 0 Å². The van der Waals surface area contributed by atoms with Gasteiger partial charge in [-0.25, -0.2) is 8.78 Å². The Kier molecular flexibility index (Phi) is 5.76. The van der Waals surface area contributed by atoms with Crippen molar-refractivity contribution in [2.75, 3.05) is 12.8 Å². The Bertz CT molecular complexity index is 581. The number of hydrogen-bond donors (Lipinski definition) is 1. The highest BCUT2D eigenvalue weighted by Crippen LogP contribution is 2.21. The first kappa shape index (κ1) is 16.0. The van der Waals surface area contributed by atoms with Crippen molar-refractivity contribution in [3.63, 3.8) is 0 Å². The van der Waals surface area contributed by atoms with Gasteiger partial charge in [-0.05, 0) is 50.2 Å². The molecule has 1 unspecified atom stereocenters. The van der Waals surface area contributed by atoms with Crippen LogP contribution in [0.15, 0.2) is 47.4 Å². The summed E-state index contributed by atoms with van der Waals surface area (Å²) >= 11 is 1.74. The van der Waals surface area contributed by atoms with Crippen LogP contribution >= 0.6 is 11.8 Å². The Labute approximate surface area is 128 Å². The zero-order valence-corrected chi connectivity index (χ0v) is 13.0. The molecule has 2 rings (SSSR count). The van der Waals surface area contributed by atoms with Crippen LogP contribution in [0.5, 0.6) is 0 Å². The zero-order valence-electron chi connectivity index (χ0n) is 12.2. The zero-order chi connectivity index (χ0) is 15.2. The van der Waals surface area contributed by atoms with Gasteiger partial charge in [0, 0.05) is 22.8 Å². The molecule has 0 spiro atoms. The van der Waals surface area contributed by atoms with Gasteiger partial charge in [0.05, 0.1) is 0 Å². The van der Waals surface area contributed by atoms with E-state index in [-0.39, 0.29) is 6.04 Å². The van der Waals surface area contributed by atoms with Crippen molar-refractivity contribution in [2.45, 2.75) is 24.3 Å². The van der Waals surface area contributed by atoms with E-state index < -0.39 is 11.6 Å². The Morgan fingerprint density at radius 2 is 1.81 bits per heavy atom. The molecule has 0 amide bonds. The molecule has 0 radical (unpaired) electrons. The van der Waals surface area contributed by atoms with Gasteiger partial charge in [-0.1, -0.05) is 17.7 Å². The molecule has 2 aromatic rings. The molecule has 0 aromatic heterocycles. The highest BCUT2D eigenvalue weighted by molar-refractivity contribution is 7.99. The third kappa shape index (κ3) is 5.14. The Balaban J connectivity index is 1.96. The van der Waals surface area contributed by atoms with Gasteiger partial charge in [-0.15, -0.1) is 11.8 Å². The second kappa shape index (κ2) is 7.57. The first-order valence-corrected chi connectivity index (χ1v) is 7.87. The summed E-state index contributed by atoms with van der Waals surface area (Å²) in [6.07, 6.45) is 0.601. The third-order valence-electron chi connectivity index (χ3n) is 3.25. The molecule has 0 fully saturated rings. The average Bonchev–Trinajstić information content (AvgIpc) is 2.42. The van der Waals surface area contributed by atoms with Crippen LogP contribution in [0.2, 0.25) is 0 Å². The maximum atomic E-state index is 13.2. The topological polar surface area (TPSA) is 12.0 Å². The molecule has 4 heteroatoms. The number of likely N-dealkylation sites (N-methyl/N-ethyl adjacent to an activating group) is 1. The van der Waals surface area contributed by atoms with E-state index in [4.69, 9.17) is 0 Å². The molecule has 0 aliphatic rings. The smallest absolute Gasteiger partial charge is 0.126 e. The van der Waals surface area contributed by atoms with E-state index in [2.05, 4.69) is 30.4 Å². The van der Waals surface area contributed by atoms with E-state index in [9.17, 15) is 8.78 Å². The summed E-state index contributed by atoms with van der Waals surface area (Å²) in [5.41, 5.74) is 1.91. The molecule has 1 N–H and O–H groups in total. The summed E-state index contributed by atoms with van der Waals surface area (Å²) in [6, 6.07) is 12.2. The fourth-order valence-corrected chi connectivity index (χ4v) is 3.28. The first-order chi connectivity index (χ1) is 10.1. The second-order valence-corrected chi connectivity index (χ2v) is 6.19. The van der Waals surface area contributed by atoms with Crippen molar-refractivity contribution in [1.82, 2.24) is 5.32 Å². The largest absolute Gasteiger partial charge is 0.316 e. The molecule has 1 nitrogen and oxygen atoms in total. The van der Waals surface area contributed by atoms with Gasteiger partial charge in [0.15, 0.2) is 0 Å². The summed E-state index contributed by atoms with van der Waals surface area (Å²) in [4.78, 5) is 1.21. The van der Waals surface area contributed by atoms with Crippen molar-refractivity contribution in [3.05, 3.63) is 65.2 Å². The van der Waals surface area contributed by atoms with Crippen molar-refractivity contribution in [1.29, 1.82) is 0 Å². The maximum absolute atomic E-state index is 13.2. The van der Waals surface area contributed by atoms with Gasteiger partial charge in [-0.2, -0.15) is 0 Å². The molecular weight excluding hydrogens is 288 g/mol. The van der Waals surface area contributed by atoms with Gasteiger partial charge in [-0.3, -0.25) is 0 Å². The van der Waals surface area contributed by atoms with Crippen LogP contribution in [0.4, 0.5) is 8.78 Å². The van der Waals surface area contributed by atoms with Gasteiger partial charge < -0.3 is 5.32 Å². The highest BCUT2D eigenvalue weighted by Gasteiger charge is 2.10. The van der Waals surface area contributed by atoms with Crippen LogP contribution in [0.25, 0.3) is 0 Å². The van der Waals surface area contributed by atoms with Crippen molar-refractivity contribution < 1.29 is 8.78 Å². The van der Waals surface area contributed by atoms with Gasteiger partial charge in [0.2, 0.25) is 0 Å². The minimum atomic E-state index is -0.522. The molecule has 0 aliphatic heterocycles. The maximum Gasteiger partial charge on any atom is 0.126 e. The van der Waals surface area contributed by atoms with E-state index in [1.54, 1.807) is 11.8 Å². The van der Waals surface area contributed by atoms with E-state index in [0.29, 0.717) is 12.0 Å². The lowest BCUT2D eigenvalue weighted by molar-refractivity contribution is 0.569. The van der Waals surface area contributed by atoms with Crippen molar-refractivity contribution in [2.24, 2.45) is 0 Å². The summed E-state index contributed by atoms with van der Waals surface area (Å²) in [7, 11) is 1.87. The molecule has 0 saturated carbocycles. The van der Waals surface area contributed by atoms with Gasteiger partial charge in [0.25, 0.3) is 0 Å². The summed E-state index contributed by atoms with van der Waals surface area (Å²) < 4.78 is 26.4. The number of rotatable bonds is 6. The van der Waals surface area contributed by atoms with Crippen LogP contribution in [-0.2, 0) is 6.42 Å². The predicted molar refractivity (Wildman–Crippen MR) is 84.8 cm³/mol. The number of benzene rings is 2. The quantitative estimate of drug-likeness (QED) is 0.803. The average molecular weight is 307 g/mol. The van der Waals surface area contributed by atoms with E-state index in [1.165, 1.54) is 22.6 Å². The fraction of sp³-hybridized carbons (Fsp3) is 0.294. The Morgan fingerprint density at radius 1 is 1.10 bits per heavy atom. The van der Waals surface area contributed by atoms with E-state index in [0.717, 1.165) is 11.8 Å². The minimum absolute atomic E-state index is 0.164. The monoisotopic (exact) mass is 307 g/mol. The number of nitrogens with one attached hydrogen (secondary N) is 1. The van der Waals surface area contributed by atoms with Gasteiger partial charge >= 0.3 is 0 Å². The summed E-state index contributed by atoms with van der Waals surface area (Å²) in [6.45, 7) is 2.06. The predicted octanol–water partition coefficient (Wildman–Crippen LogP) is 4.20. The van der Waals surface area contributed by atoms with Crippen LogP contribution in [-0.4, -0.2) is 18.8 Å². The van der Waals surface area contributed by atoms with E-state index in [1.807, 2.05) is 13.1 Å². The third-order valence-corrected chi connectivity index (χ3v) is 4.41. The molecule has 112 valence electrons. The number of aryl methyl sites for hydroxylation is 1. The molecule has 2 aromatic carbocycles. The molecular formula is C17H19F2NS. The molecule has 0 bridgehead atoms. The molecule has 0 heterocycles. The van der Waals surface area contributed by atoms with Crippen molar-refractivity contribution >= 4 is 11.8 Å². The van der Waals surface area contributed by atoms with Crippen LogP contribution in [0.1, 0.15) is 11.1 Å². The minimum Gasteiger partial charge on any atom is -0.316 e. The number of halogens is 2. The lowest BCUT2D eigenvalue weighted by Gasteiger charge is -2.16. The summed E-state index contributed by atoms with van der Waals surface area (Å²) in [5, 5.41) is 3.21.